The molecule has 122 valence electrons. The zero-order valence-corrected chi connectivity index (χ0v) is 14.5. The van der Waals surface area contributed by atoms with E-state index >= 15 is 0 Å². The third kappa shape index (κ3) is 3.24. The van der Waals surface area contributed by atoms with E-state index in [1.165, 1.54) is 0 Å². The largest absolute Gasteiger partial charge is 0.322 e. The first kappa shape index (κ1) is 15.7. The number of nitrogens with zero attached hydrogens (tertiary/aromatic N) is 2. The molecule has 0 radical (unpaired) electrons. The molecule has 0 aliphatic rings. The van der Waals surface area contributed by atoms with Gasteiger partial charge in [-0.3, -0.25) is 4.79 Å². The molecule has 4 rings (SSSR count). The normalized spacial score (nSPS) is 10.8. The van der Waals surface area contributed by atoms with Crippen molar-refractivity contribution in [3.8, 4) is 10.6 Å². The summed E-state index contributed by atoms with van der Waals surface area (Å²) >= 11 is 7.60. The van der Waals surface area contributed by atoms with Crippen LogP contribution < -0.4 is 5.32 Å². The van der Waals surface area contributed by atoms with E-state index in [9.17, 15) is 4.79 Å². The van der Waals surface area contributed by atoms with Gasteiger partial charge in [-0.15, -0.1) is 11.3 Å². The summed E-state index contributed by atoms with van der Waals surface area (Å²) in [6.07, 6.45) is 1.55. The van der Waals surface area contributed by atoms with Crippen molar-refractivity contribution in [2.24, 2.45) is 0 Å². The summed E-state index contributed by atoms with van der Waals surface area (Å²) in [5, 5.41) is 3.96. The average molecular weight is 366 g/mol. The summed E-state index contributed by atoms with van der Waals surface area (Å²) in [4.78, 5) is 20.8. The molecule has 1 N–H and O–H groups in total. The van der Waals surface area contributed by atoms with Crippen molar-refractivity contribution in [1.82, 2.24) is 9.97 Å². The summed E-state index contributed by atoms with van der Waals surface area (Å²) in [5.41, 5.74) is 3.04. The van der Waals surface area contributed by atoms with Gasteiger partial charge in [0, 0.05) is 17.4 Å². The number of carbonyl (C=O) groups excluding carboxylic acids is 1. The average Bonchev–Trinajstić information content (AvgIpc) is 3.07. The number of carbonyl (C=O) groups is 1. The van der Waals surface area contributed by atoms with Crippen molar-refractivity contribution in [2.45, 2.75) is 0 Å². The molecule has 0 aliphatic heterocycles. The topological polar surface area (TPSA) is 54.9 Å². The summed E-state index contributed by atoms with van der Waals surface area (Å²) in [7, 11) is 0. The number of para-hydroxylation sites is 1. The molecule has 0 unspecified atom stereocenters. The minimum Gasteiger partial charge on any atom is -0.322 e. The SMILES string of the molecule is O=C(Nc1ccc(-c2nc3ccccc3s2)cc1)c1cccnc1Cl. The number of rotatable bonds is 3. The Morgan fingerprint density at radius 2 is 1.80 bits per heavy atom. The molecule has 0 saturated heterocycles. The molecule has 2 aromatic heterocycles. The number of hydrogen-bond acceptors (Lipinski definition) is 4. The summed E-state index contributed by atoms with van der Waals surface area (Å²) in [6, 6.07) is 18.9. The summed E-state index contributed by atoms with van der Waals surface area (Å²) in [5.74, 6) is -0.286. The van der Waals surface area contributed by atoms with Crippen LogP contribution in [0.1, 0.15) is 10.4 Å². The van der Waals surface area contributed by atoms with E-state index in [4.69, 9.17) is 11.6 Å². The molecule has 1 amide bonds. The van der Waals surface area contributed by atoms with Gasteiger partial charge in [0.05, 0.1) is 15.8 Å². The van der Waals surface area contributed by atoms with E-state index in [2.05, 4.69) is 21.4 Å². The van der Waals surface area contributed by atoms with Crippen molar-refractivity contribution < 1.29 is 4.79 Å². The minimum absolute atomic E-state index is 0.186. The van der Waals surface area contributed by atoms with Crippen molar-refractivity contribution in [2.75, 3.05) is 5.32 Å². The van der Waals surface area contributed by atoms with Crippen LogP contribution in [0.2, 0.25) is 5.15 Å². The van der Waals surface area contributed by atoms with Crippen LogP contribution in [0, 0.1) is 0 Å². The fourth-order valence-corrected chi connectivity index (χ4v) is 3.62. The molecule has 0 saturated carbocycles. The van der Waals surface area contributed by atoms with E-state index in [0.717, 1.165) is 20.8 Å². The van der Waals surface area contributed by atoms with Gasteiger partial charge in [-0.25, -0.2) is 9.97 Å². The Morgan fingerprint density at radius 3 is 2.56 bits per heavy atom. The van der Waals surface area contributed by atoms with Gasteiger partial charge in [0.2, 0.25) is 0 Å². The fraction of sp³-hybridized carbons (Fsp3) is 0. The Bertz CT molecular complexity index is 1030. The number of benzene rings is 2. The highest BCUT2D eigenvalue weighted by atomic mass is 35.5. The maximum Gasteiger partial charge on any atom is 0.258 e. The van der Waals surface area contributed by atoms with Crippen molar-refractivity contribution in [1.29, 1.82) is 0 Å². The molecular formula is C19H12ClN3OS. The van der Waals surface area contributed by atoms with E-state index in [0.29, 0.717) is 11.3 Å². The van der Waals surface area contributed by atoms with Gasteiger partial charge in [0.25, 0.3) is 5.91 Å². The molecule has 0 spiro atoms. The lowest BCUT2D eigenvalue weighted by molar-refractivity contribution is 0.102. The van der Waals surface area contributed by atoms with Crippen molar-refractivity contribution in [3.05, 3.63) is 77.6 Å². The van der Waals surface area contributed by atoms with Crippen LogP contribution in [0.15, 0.2) is 66.9 Å². The highest BCUT2D eigenvalue weighted by Crippen LogP contribution is 2.30. The predicted octanol–water partition coefficient (Wildman–Crippen LogP) is 5.26. The highest BCUT2D eigenvalue weighted by molar-refractivity contribution is 7.21. The first-order valence-corrected chi connectivity index (χ1v) is 8.78. The van der Waals surface area contributed by atoms with Crippen molar-refractivity contribution in [3.63, 3.8) is 0 Å². The van der Waals surface area contributed by atoms with E-state index in [1.807, 2.05) is 42.5 Å². The van der Waals surface area contributed by atoms with E-state index < -0.39 is 0 Å². The van der Waals surface area contributed by atoms with Crippen molar-refractivity contribution >= 4 is 44.7 Å². The van der Waals surface area contributed by atoms with Gasteiger partial charge in [0.15, 0.2) is 0 Å². The lowest BCUT2D eigenvalue weighted by atomic mass is 10.2. The minimum atomic E-state index is -0.286. The van der Waals surface area contributed by atoms with Gasteiger partial charge in [-0.2, -0.15) is 0 Å². The van der Waals surface area contributed by atoms with Gasteiger partial charge in [0.1, 0.15) is 10.2 Å². The number of aromatic nitrogens is 2. The molecule has 25 heavy (non-hydrogen) atoms. The van der Waals surface area contributed by atoms with Crippen LogP contribution in [-0.2, 0) is 0 Å². The molecule has 0 atom stereocenters. The Morgan fingerprint density at radius 1 is 1.00 bits per heavy atom. The number of anilines is 1. The molecular weight excluding hydrogens is 354 g/mol. The van der Waals surface area contributed by atoms with Crippen LogP contribution in [0.5, 0.6) is 0 Å². The molecule has 2 aromatic carbocycles. The second-order valence-electron chi connectivity index (χ2n) is 5.36. The van der Waals surface area contributed by atoms with Crippen LogP contribution in [0.25, 0.3) is 20.8 Å². The maximum atomic E-state index is 12.3. The number of amides is 1. The monoisotopic (exact) mass is 365 g/mol. The van der Waals surface area contributed by atoms with E-state index in [1.54, 1.807) is 29.7 Å². The third-order valence-electron chi connectivity index (χ3n) is 3.69. The molecule has 0 fully saturated rings. The molecule has 4 nitrogen and oxygen atoms in total. The zero-order valence-electron chi connectivity index (χ0n) is 12.9. The van der Waals surface area contributed by atoms with Gasteiger partial charge in [-0.05, 0) is 48.5 Å². The predicted molar refractivity (Wildman–Crippen MR) is 102 cm³/mol. The first-order chi connectivity index (χ1) is 12.2. The number of halogens is 1. The van der Waals surface area contributed by atoms with Gasteiger partial charge >= 0.3 is 0 Å². The van der Waals surface area contributed by atoms with E-state index in [-0.39, 0.29) is 11.1 Å². The number of pyridine rings is 1. The molecule has 0 bridgehead atoms. The Balaban J connectivity index is 1.56. The maximum absolute atomic E-state index is 12.3. The smallest absolute Gasteiger partial charge is 0.258 e. The summed E-state index contributed by atoms with van der Waals surface area (Å²) < 4.78 is 1.15. The Labute approximate surface area is 153 Å². The van der Waals surface area contributed by atoms with Gasteiger partial charge in [-0.1, -0.05) is 23.7 Å². The quantitative estimate of drug-likeness (QED) is 0.503. The Hall–Kier alpha value is -2.76. The van der Waals surface area contributed by atoms with Crippen LogP contribution in [0.3, 0.4) is 0 Å². The molecule has 0 aliphatic carbocycles. The number of nitrogens with one attached hydrogen (secondary N) is 1. The first-order valence-electron chi connectivity index (χ1n) is 7.58. The van der Waals surface area contributed by atoms with Crippen LogP contribution in [0.4, 0.5) is 5.69 Å². The zero-order chi connectivity index (χ0) is 17.2. The molecule has 4 aromatic rings. The standard InChI is InChI=1S/C19H12ClN3OS/c20-17-14(4-3-11-21-17)18(24)22-13-9-7-12(8-10-13)19-23-15-5-1-2-6-16(15)25-19/h1-11H,(H,22,24). The van der Waals surface area contributed by atoms with Gasteiger partial charge < -0.3 is 5.32 Å². The second kappa shape index (κ2) is 6.63. The van der Waals surface area contributed by atoms with Crippen LogP contribution >= 0.6 is 22.9 Å². The molecule has 6 heteroatoms. The Kier molecular flexibility index (Phi) is 4.17. The van der Waals surface area contributed by atoms with Crippen LogP contribution in [-0.4, -0.2) is 15.9 Å². The fourth-order valence-electron chi connectivity index (χ4n) is 2.45. The summed E-state index contributed by atoms with van der Waals surface area (Å²) in [6.45, 7) is 0. The number of hydrogen-bond donors (Lipinski definition) is 1. The third-order valence-corrected chi connectivity index (χ3v) is 5.07. The lowest BCUT2D eigenvalue weighted by Gasteiger charge is -2.06. The number of fused-ring (bicyclic) bond motifs is 1. The number of thiazole rings is 1. The highest BCUT2D eigenvalue weighted by Gasteiger charge is 2.11. The lowest BCUT2D eigenvalue weighted by Crippen LogP contribution is -2.12. The second-order valence-corrected chi connectivity index (χ2v) is 6.75. The molecule has 2 heterocycles.